The number of carbonyl (C=O) groups excluding carboxylic acids is 1. The van der Waals surface area contributed by atoms with E-state index in [1.165, 1.54) is 35.5 Å². The van der Waals surface area contributed by atoms with E-state index in [1.54, 1.807) is 19.1 Å². The van der Waals surface area contributed by atoms with Gasteiger partial charge in [-0.05, 0) is 25.0 Å². The van der Waals surface area contributed by atoms with E-state index in [1.807, 2.05) is 13.8 Å². The summed E-state index contributed by atoms with van der Waals surface area (Å²) in [4.78, 5) is 46.4. The van der Waals surface area contributed by atoms with Crippen LogP contribution in [0.4, 0.5) is 10.1 Å². The van der Waals surface area contributed by atoms with Crippen LogP contribution in [-0.4, -0.2) is 30.8 Å². The van der Waals surface area contributed by atoms with Crippen molar-refractivity contribution < 1.29 is 9.18 Å². The van der Waals surface area contributed by atoms with Gasteiger partial charge in [-0.2, -0.15) is 0 Å². The van der Waals surface area contributed by atoms with Crippen LogP contribution in [0.3, 0.4) is 0 Å². The lowest BCUT2D eigenvalue weighted by Gasteiger charge is -2.15. The van der Waals surface area contributed by atoms with Gasteiger partial charge in [0.25, 0.3) is 5.56 Å². The Labute approximate surface area is 182 Å². The molecule has 0 unspecified atom stereocenters. The van der Waals surface area contributed by atoms with Gasteiger partial charge in [-0.15, -0.1) is 11.8 Å². The molecule has 2 aromatic heterocycles. The number of nitrogens with one attached hydrogen (secondary N) is 1. The Morgan fingerprint density at radius 2 is 1.94 bits per heavy atom. The first-order chi connectivity index (χ1) is 14.7. The van der Waals surface area contributed by atoms with Crippen LogP contribution in [0.2, 0.25) is 0 Å². The van der Waals surface area contributed by atoms with Crippen molar-refractivity contribution in [3.8, 4) is 0 Å². The van der Waals surface area contributed by atoms with Crippen LogP contribution in [-0.2, 0) is 18.4 Å². The minimum absolute atomic E-state index is 0.0928. The second-order valence-electron chi connectivity index (χ2n) is 7.55. The van der Waals surface area contributed by atoms with Crippen molar-refractivity contribution in [2.75, 3.05) is 11.1 Å². The quantitative estimate of drug-likeness (QED) is 0.444. The number of benzene rings is 1. The molecule has 0 aliphatic carbocycles. The summed E-state index contributed by atoms with van der Waals surface area (Å²) in [5.41, 5.74) is -0.483. The minimum atomic E-state index is -0.507. The molecule has 0 fully saturated rings. The molecule has 164 valence electrons. The highest BCUT2D eigenvalue weighted by atomic mass is 32.2. The van der Waals surface area contributed by atoms with Gasteiger partial charge in [-0.1, -0.05) is 26.0 Å². The number of hydrogen-bond donors (Lipinski definition) is 1. The molecule has 0 aliphatic heterocycles. The highest BCUT2D eigenvalue weighted by Gasteiger charge is 2.19. The number of thioether (sulfide) groups is 1. The van der Waals surface area contributed by atoms with Gasteiger partial charge in [-0.3, -0.25) is 18.7 Å². The maximum absolute atomic E-state index is 13.7. The van der Waals surface area contributed by atoms with Gasteiger partial charge < -0.3 is 5.32 Å². The molecule has 0 spiro atoms. The fraction of sp³-hybridized carbons (Fsp3) is 0.381. The number of carbonyl (C=O) groups is 1. The van der Waals surface area contributed by atoms with E-state index >= 15 is 0 Å². The summed E-state index contributed by atoms with van der Waals surface area (Å²) >= 11 is 1.23. The summed E-state index contributed by atoms with van der Waals surface area (Å²) in [6.07, 6.45) is 0.0928. The predicted molar refractivity (Wildman–Crippen MR) is 119 cm³/mol. The fourth-order valence-electron chi connectivity index (χ4n) is 3.09. The maximum Gasteiger partial charge on any atom is 0.332 e. The van der Waals surface area contributed by atoms with E-state index in [4.69, 9.17) is 0 Å². The maximum atomic E-state index is 13.7. The summed E-state index contributed by atoms with van der Waals surface area (Å²) in [6, 6.07) is 5.93. The molecule has 0 saturated carbocycles. The Morgan fingerprint density at radius 1 is 1.23 bits per heavy atom. The standard InChI is InChI=1S/C21H24FN5O3S/c1-12(2)11-27-18-17(20(29)26(4)21(27)30)19(24-13(3)23-18)31-10-9-16(28)25-15-8-6-5-7-14(15)22/h5-8,12H,9-11H2,1-4H3,(H,25,28). The number of halogens is 1. The zero-order valence-electron chi connectivity index (χ0n) is 17.8. The van der Waals surface area contributed by atoms with E-state index in [0.29, 0.717) is 28.8 Å². The number of hydrogen-bond acceptors (Lipinski definition) is 6. The van der Waals surface area contributed by atoms with E-state index < -0.39 is 17.1 Å². The topological polar surface area (TPSA) is 98.9 Å². The Hall–Kier alpha value is -3.01. The summed E-state index contributed by atoms with van der Waals surface area (Å²) in [5.74, 6) is 0.0610. The summed E-state index contributed by atoms with van der Waals surface area (Å²) in [7, 11) is 1.43. The average molecular weight is 446 g/mol. The molecule has 3 aromatic rings. The van der Waals surface area contributed by atoms with Gasteiger partial charge in [0.2, 0.25) is 5.91 Å². The van der Waals surface area contributed by atoms with E-state index in [-0.39, 0.29) is 29.3 Å². The number of anilines is 1. The van der Waals surface area contributed by atoms with E-state index in [0.717, 1.165) is 4.57 Å². The molecule has 0 bridgehead atoms. The molecule has 8 nitrogen and oxygen atoms in total. The third-order valence-electron chi connectivity index (χ3n) is 4.52. The Balaban J connectivity index is 1.88. The van der Waals surface area contributed by atoms with Crippen LogP contribution in [0.5, 0.6) is 0 Å². The van der Waals surface area contributed by atoms with Crippen molar-refractivity contribution in [1.29, 1.82) is 0 Å². The number of aryl methyl sites for hydroxylation is 1. The largest absolute Gasteiger partial charge is 0.332 e. The lowest BCUT2D eigenvalue weighted by Crippen LogP contribution is -2.39. The summed E-state index contributed by atoms with van der Waals surface area (Å²) in [5, 5.41) is 3.21. The number of nitrogens with zero attached hydrogens (tertiary/aromatic N) is 4. The SMILES string of the molecule is Cc1nc(SCCC(=O)Nc2ccccc2F)c2c(=O)n(C)c(=O)n(CC(C)C)c2n1. The van der Waals surface area contributed by atoms with Crippen molar-refractivity contribution in [3.63, 3.8) is 0 Å². The Bertz CT molecular complexity index is 1250. The molecule has 1 N–H and O–H groups in total. The molecular weight excluding hydrogens is 421 g/mol. The number of amides is 1. The molecule has 10 heteroatoms. The normalized spacial score (nSPS) is 11.3. The van der Waals surface area contributed by atoms with E-state index in [9.17, 15) is 18.8 Å². The fourth-order valence-corrected chi connectivity index (χ4v) is 4.09. The molecule has 0 saturated heterocycles. The van der Waals surface area contributed by atoms with Crippen molar-refractivity contribution in [3.05, 3.63) is 56.7 Å². The van der Waals surface area contributed by atoms with Gasteiger partial charge in [0.1, 0.15) is 22.1 Å². The van der Waals surface area contributed by atoms with Gasteiger partial charge in [0.15, 0.2) is 5.65 Å². The molecule has 1 aromatic carbocycles. The third-order valence-corrected chi connectivity index (χ3v) is 5.50. The molecule has 2 heterocycles. The van der Waals surface area contributed by atoms with Crippen molar-refractivity contribution in [1.82, 2.24) is 19.1 Å². The highest BCUT2D eigenvalue weighted by Crippen LogP contribution is 2.23. The second kappa shape index (κ2) is 9.42. The van der Waals surface area contributed by atoms with Gasteiger partial charge in [0.05, 0.1) is 5.69 Å². The van der Waals surface area contributed by atoms with Crippen LogP contribution in [0.1, 0.15) is 26.1 Å². The lowest BCUT2D eigenvalue weighted by atomic mass is 10.2. The molecule has 31 heavy (non-hydrogen) atoms. The van der Waals surface area contributed by atoms with Crippen LogP contribution in [0.15, 0.2) is 38.9 Å². The second-order valence-corrected chi connectivity index (χ2v) is 8.64. The van der Waals surface area contributed by atoms with Crippen LogP contribution < -0.4 is 16.6 Å². The first kappa shape index (κ1) is 22.7. The molecule has 0 atom stereocenters. The van der Waals surface area contributed by atoms with Crippen LogP contribution >= 0.6 is 11.8 Å². The molecular formula is C21H24FN5O3S. The van der Waals surface area contributed by atoms with Crippen molar-refractivity contribution in [2.45, 2.75) is 38.8 Å². The number of para-hydroxylation sites is 1. The number of aromatic nitrogens is 4. The Morgan fingerprint density at radius 3 is 2.61 bits per heavy atom. The lowest BCUT2D eigenvalue weighted by molar-refractivity contribution is -0.115. The molecule has 3 rings (SSSR count). The van der Waals surface area contributed by atoms with E-state index in [2.05, 4.69) is 15.3 Å². The number of fused-ring (bicyclic) bond motifs is 1. The zero-order chi connectivity index (χ0) is 22.7. The van der Waals surface area contributed by atoms with Crippen LogP contribution in [0, 0.1) is 18.7 Å². The summed E-state index contributed by atoms with van der Waals surface area (Å²) < 4.78 is 16.2. The van der Waals surface area contributed by atoms with Gasteiger partial charge in [-0.25, -0.2) is 19.2 Å². The molecule has 1 amide bonds. The highest BCUT2D eigenvalue weighted by molar-refractivity contribution is 7.99. The van der Waals surface area contributed by atoms with Gasteiger partial charge >= 0.3 is 5.69 Å². The monoisotopic (exact) mass is 445 g/mol. The first-order valence-corrected chi connectivity index (χ1v) is 10.8. The van der Waals surface area contributed by atoms with Crippen molar-refractivity contribution >= 4 is 34.4 Å². The molecule has 0 radical (unpaired) electrons. The van der Waals surface area contributed by atoms with Crippen LogP contribution in [0.25, 0.3) is 11.0 Å². The zero-order valence-corrected chi connectivity index (χ0v) is 18.6. The summed E-state index contributed by atoms with van der Waals surface area (Å²) in [6.45, 7) is 6.05. The molecule has 0 aliphatic rings. The van der Waals surface area contributed by atoms with Crippen molar-refractivity contribution in [2.24, 2.45) is 13.0 Å². The van der Waals surface area contributed by atoms with Gasteiger partial charge in [0, 0.05) is 25.8 Å². The predicted octanol–water partition coefficient (Wildman–Crippen LogP) is 2.71. The minimum Gasteiger partial charge on any atom is -0.324 e. The third kappa shape index (κ3) is 5.01. The first-order valence-electron chi connectivity index (χ1n) is 9.84. The number of rotatable bonds is 7. The smallest absolute Gasteiger partial charge is 0.324 e. The Kier molecular flexibility index (Phi) is 6.89. The average Bonchev–Trinajstić information content (AvgIpc) is 2.70.